The molecule has 0 saturated heterocycles. The number of benzene rings is 2. The van der Waals surface area contributed by atoms with Gasteiger partial charge in [-0.2, -0.15) is 0 Å². The number of anilines is 1. The van der Waals surface area contributed by atoms with E-state index in [1.165, 1.54) is 29.0 Å². The highest BCUT2D eigenvalue weighted by molar-refractivity contribution is 6.31. The quantitative estimate of drug-likeness (QED) is 0.704. The molecule has 6 heteroatoms. The minimum Gasteiger partial charge on any atom is -0.322 e. The second-order valence-electron chi connectivity index (χ2n) is 6.02. The van der Waals surface area contributed by atoms with Gasteiger partial charge in [0.05, 0.1) is 6.54 Å². The number of aromatic nitrogens is 1. The predicted octanol–water partition coefficient (Wildman–Crippen LogP) is 4.50. The van der Waals surface area contributed by atoms with E-state index in [4.69, 9.17) is 11.6 Å². The summed E-state index contributed by atoms with van der Waals surface area (Å²) in [6, 6.07) is 14.8. The van der Waals surface area contributed by atoms with Crippen molar-refractivity contribution in [3.05, 3.63) is 98.7 Å². The number of amides is 1. The molecule has 0 saturated carbocycles. The SMILES string of the molecule is CCc1ccccc1NC(=O)c1cccn(Cc2c(F)cccc2Cl)c1=O. The zero-order valence-electron chi connectivity index (χ0n) is 14.7. The molecule has 0 unspecified atom stereocenters. The average Bonchev–Trinajstić information content (AvgIpc) is 2.66. The van der Waals surface area contributed by atoms with Gasteiger partial charge in [0.1, 0.15) is 11.4 Å². The third kappa shape index (κ3) is 4.09. The second kappa shape index (κ2) is 8.18. The van der Waals surface area contributed by atoms with Gasteiger partial charge in [0, 0.05) is 22.5 Å². The topological polar surface area (TPSA) is 51.1 Å². The van der Waals surface area contributed by atoms with Crippen LogP contribution in [0.15, 0.2) is 65.6 Å². The molecule has 0 aliphatic heterocycles. The number of carbonyl (C=O) groups excluding carboxylic acids is 1. The van der Waals surface area contributed by atoms with Crippen molar-refractivity contribution in [2.75, 3.05) is 5.32 Å². The number of nitrogens with one attached hydrogen (secondary N) is 1. The smallest absolute Gasteiger partial charge is 0.263 e. The zero-order chi connectivity index (χ0) is 19.4. The number of aryl methyl sites for hydroxylation is 1. The standard InChI is InChI=1S/C21H18ClFN2O2/c1-2-14-7-3-4-11-19(14)24-20(26)15-8-6-12-25(21(15)27)13-16-17(22)9-5-10-18(16)23/h3-12H,2,13H2,1H3,(H,24,26). The van der Waals surface area contributed by atoms with E-state index in [2.05, 4.69) is 5.32 Å². The molecule has 27 heavy (non-hydrogen) atoms. The minimum atomic E-state index is -0.511. The average molecular weight is 385 g/mol. The number of hydrogen-bond acceptors (Lipinski definition) is 2. The molecule has 1 aromatic heterocycles. The Morgan fingerprint density at radius 1 is 1.11 bits per heavy atom. The number of halogens is 2. The van der Waals surface area contributed by atoms with Crippen molar-refractivity contribution < 1.29 is 9.18 Å². The van der Waals surface area contributed by atoms with Crippen LogP contribution in [0.25, 0.3) is 0 Å². The summed E-state index contributed by atoms with van der Waals surface area (Å²) in [6.07, 6.45) is 2.25. The van der Waals surface area contributed by atoms with Gasteiger partial charge >= 0.3 is 0 Å². The summed E-state index contributed by atoms with van der Waals surface area (Å²) in [7, 11) is 0. The molecule has 0 radical (unpaired) electrons. The molecule has 0 aliphatic rings. The van der Waals surface area contributed by atoms with Crippen LogP contribution in [0.3, 0.4) is 0 Å². The van der Waals surface area contributed by atoms with E-state index in [1.54, 1.807) is 18.2 Å². The summed E-state index contributed by atoms with van der Waals surface area (Å²) in [6.45, 7) is 1.93. The van der Waals surface area contributed by atoms with Crippen LogP contribution in [-0.4, -0.2) is 10.5 Å². The summed E-state index contributed by atoms with van der Waals surface area (Å²) in [4.78, 5) is 25.3. The van der Waals surface area contributed by atoms with Crippen molar-refractivity contribution in [1.29, 1.82) is 0 Å². The third-order valence-electron chi connectivity index (χ3n) is 4.30. The van der Waals surface area contributed by atoms with E-state index in [1.807, 2.05) is 25.1 Å². The van der Waals surface area contributed by atoms with Crippen LogP contribution < -0.4 is 10.9 Å². The Labute approximate surface area is 161 Å². The molecular weight excluding hydrogens is 367 g/mol. The van der Waals surface area contributed by atoms with E-state index in [-0.39, 0.29) is 22.7 Å². The first-order valence-electron chi connectivity index (χ1n) is 8.53. The van der Waals surface area contributed by atoms with Crippen molar-refractivity contribution in [3.8, 4) is 0 Å². The molecule has 3 rings (SSSR count). The van der Waals surface area contributed by atoms with Crippen molar-refractivity contribution in [1.82, 2.24) is 4.57 Å². The second-order valence-corrected chi connectivity index (χ2v) is 6.43. The zero-order valence-corrected chi connectivity index (χ0v) is 15.5. The Morgan fingerprint density at radius 2 is 1.89 bits per heavy atom. The Balaban J connectivity index is 1.91. The van der Waals surface area contributed by atoms with E-state index in [0.29, 0.717) is 5.69 Å². The highest BCUT2D eigenvalue weighted by Gasteiger charge is 2.15. The summed E-state index contributed by atoms with van der Waals surface area (Å²) in [5.41, 5.74) is 1.31. The summed E-state index contributed by atoms with van der Waals surface area (Å²) >= 11 is 6.04. The monoisotopic (exact) mass is 384 g/mol. The fraction of sp³-hybridized carbons (Fsp3) is 0.143. The lowest BCUT2D eigenvalue weighted by Crippen LogP contribution is -2.29. The Morgan fingerprint density at radius 3 is 2.63 bits per heavy atom. The number of carbonyl (C=O) groups is 1. The maximum atomic E-state index is 14.0. The normalized spacial score (nSPS) is 10.6. The Bertz CT molecular complexity index is 1030. The lowest BCUT2D eigenvalue weighted by Gasteiger charge is -2.12. The van der Waals surface area contributed by atoms with E-state index < -0.39 is 17.3 Å². The molecule has 0 atom stereocenters. The summed E-state index contributed by atoms with van der Waals surface area (Å²) < 4.78 is 15.3. The molecule has 1 heterocycles. The van der Waals surface area contributed by atoms with Crippen LogP contribution in [-0.2, 0) is 13.0 Å². The van der Waals surface area contributed by atoms with Gasteiger partial charge in [-0.1, -0.05) is 42.8 Å². The number of nitrogens with zero attached hydrogens (tertiary/aromatic N) is 1. The summed E-state index contributed by atoms with van der Waals surface area (Å²) in [5, 5.41) is 3.01. The van der Waals surface area contributed by atoms with Crippen LogP contribution in [0, 0.1) is 5.82 Å². The molecule has 138 valence electrons. The van der Waals surface area contributed by atoms with E-state index in [9.17, 15) is 14.0 Å². The summed E-state index contributed by atoms with van der Waals surface area (Å²) in [5.74, 6) is -1.00. The van der Waals surface area contributed by atoms with Crippen molar-refractivity contribution >= 4 is 23.2 Å². The number of para-hydroxylation sites is 1. The first-order chi connectivity index (χ1) is 13.0. The molecular formula is C21H18ClFN2O2. The van der Waals surface area contributed by atoms with Crippen LogP contribution in [0.1, 0.15) is 28.4 Å². The lowest BCUT2D eigenvalue weighted by molar-refractivity contribution is 0.102. The third-order valence-corrected chi connectivity index (χ3v) is 4.66. The van der Waals surface area contributed by atoms with E-state index >= 15 is 0 Å². The molecule has 0 bridgehead atoms. The minimum absolute atomic E-state index is 0.0177. The largest absolute Gasteiger partial charge is 0.322 e. The highest BCUT2D eigenvalue weighted by Crippen LogP contribution is 2.20. The van der Waals surface area contributed by atoms with Crippen LogP contribution in [0.5, 0.6) is 0 Å². The number of rotatable bonds is 5. The van der Waals surface area contributed by atoms with Gasteiger partial charge < -0.3 is 9.88 Å². The van der Waals surface area contributed by atoms with Gasteiger partial charge in [-0.25, -0.2) is 4.39 Å². The fourth-order valence-electron chi connectivity index (χ4n) is 2.83. The molecule has 4 nitrogen and oxygen atoms in total. The van der Waals surface area contributed by atoms with Gasteiger partial charge in [-0.3, -0.25) is 9.59 Å². The van der Waals surface area contributed by atoms with Crippen LogP contribution in [0.2, 0.25) is 5.02 Å². The molecule has 2 aromatic carbocycles. The number of pyridine rings is 1. The van der Waals surface area contributed by atoms with Gasteiger partial charge in [0.2, 0.25) is 0 Å². The maximum Gasteiger partial charge on any atom is 0.263 e. The van der Waals surface area contributed by atoms with Gasteiger partial charge in [0.15, 0.2) is 0 Å². The first-order valence-corrected chi connectivity index (χ1v) is 8.90. The lowest BCUT2D eigenvalue weighted by atomic mass is 10.1. The Hall–Kier alpha value is -2.92. The van der Waals surface area contributed by atoms with Gasteiger partial charge in [0.25, 0.3) is 11.5 Å². The van der Waals surface area contributed by atoms with Crippen molar-refractivity contribution in [3.63, 3.8) is 0 Å². The van der Waals surface area contributed by atoms with Crippen molar-refractivity contribution in [2.45, 2.75) is 19.9 Å². The van der Waals surface area contributed by atoms with Crippen LogP contribution in [0.4, 0.5) is 10.1 Å². The first kappa shape index (κ1) is 18.9. The molecule has 0 fully saturated rings. The highest BCUT2D eigenvalue weighted by atomic mass is 35.5. The fourth-order valence-corrected chi connectivity index (χ4v) is 3.05. The van der Waals surface area contributed by atoms with Crippen LogP contribution >= 0.6 is 11.6 Å². The number of hydrogen-bond donors (Lipinski definition) is 1. The van der Waals surface area contributed by atoms with E-state index in [0.717, 1.165) is 12.0 Å². The molecule has 3 aromatic rings. The Kier molecular flexibility index (Phi) is 5.72. The van der Waals surface area contributed by atoms with Gasteiger partial charge in [-0.05, 0) is 42.3 Å². The van der Waals surface area contributed by atoms with Gasteiger partial charge in [-0.15, -0.1) is 0 Å². The van der Waals surface area contributed by atoms with Crippen molar-refractivity contribution in [2.24, 2.45) is 0 Å². The molecule has 1 amide bonds. The molecule has 1 N–H and O–H groups in total. The molecule has 0 spiro atoms. The maximum absolute atomic E-state index is 14.0. The molecule has 0 aliphatic carbocycles. The predicted molar refractivity (Wildman–Crippen MR) is 105 cm³/mol.